The van der Waals surface area contributed by atoms with Crippen molar-refractivity contribution in [2.24, 2.45) is 0 Å². The largest absolute Gasteiger partial charge is 0.456 e. The lowest BCUT2D eigenvalue weighted by Crippen LogP contribution is -1.91. The average molecular weight is 485 g/mol. The summed E-state index contributed by atoms with van der Waals surface area (Å²) in [5.41, 5.74) is 8.13. The molecule has 0 aliphatic carbocycles. The van der Waals surface area contributed by atoms with E-state index in [1.54, 1.807) is 0 Å². The van der Waals surface area contributed by atoms with E-state index < -0.39 is 0 Å². The van der Waals surface area contributed by atoms with Crippen molar-refractivity contribution in [3.05, 3.63) is 133 Å². The Balaban J connectivity index is 1.50. The molecular formula is C37H24O. The highest BCUT2D eigenvalue weighted by molar-refractivity contribution is 6.22. The Bertz CT molecular complexity index is 2200. The van der Waals surface area contributed by atoms with Crippen molar-refractivity contribution in [1.29, 1.82) is 0 Å². The zero-order chi connectivity index (χ0) is 25.2. The number of benzene rings is 7. The summed E-state index contributed by atoms with van der Waals surface area (Å²) in [5.74, 6) is 0. The Kier molecular flexibility index (Phi) is 4.50. The molecule has 38 heavy (non-hydrogen) atoms. The molecule has 0 amide bonds. The molecule has 1 heterocycles. The van der Waals surface area contributed by atoms with E-state index in [1.807, 2.05) is 12.1 Å². The first-order valence-corrected chi connectivity index (χ1v) is 13.1. The van der Waals surface area contributed by atoms with E-state index in [4.69, 9.17) is 4.42 Å². The number of hydrogen-bond donors (Lipinski definition) is 0. The van der Waals surface area contributed by atoms with Gasteiger partial charge in [0.1, 0.15) is 11.2 Å². The molecule has 0 fully saturated rings. The molecule has 0 saturated carbocycles. The Morgan fingerprint density at radius 2 is 1.00 bits per heavy atom. The van der Waals surface area contributed by atoms with Crippen LogP contribution in [0.4, 0.5) is 0 Å². The van der Waals surface area contributed by atoms with Gasteiger partial charge in [0.15, 0.2) is 0 Å². The molecule has 8 rings (SSSR count). The average Bonchev–Trinajstić information content (AvgIpc) is 3.33. The lowest BCUT2D eigenvalue weighted by atomic mass is 9.85. The Hall–Kier alpha value is -4.88. The lowest BCUT2D eigenvalue weighted by molar-refractivity contribution is 0.669. The monoisotopic (exact) mass is 484 g/mol. The third-order valence-electron chi connectivity index (χ3n) is 7.88. The molecule has 0 aliphatic heterocycles. The van der Waals surface area contributed by atoms with E-state index >= 15 is 0 Å². The molecule has 1 heteroatoms. The fourth-order valence-corrected chi connectivity index (χ4v) is 6.14. The first-order valence-electron chi connectivity index (χ1n) is 13.1. The van der Waals surface area contributed by atoms with E-state index in [0.717, 1.165) is 21.9 Å². The van der Waals surface area contributed by atoms with Crippen molar-refractivity contribution in [2.45, 2.75) is 6.92 Å². The number of aryl methyl sites for hydroxylation is 1. The zero-order valence-electron chi connectivity index (χ0n) is 21.0. The van der Waals surface area contributed by atoms with Gasteiger partial charge in [0, 0.05) is 10.8 Å². The molecule has 7 aromatic carbocycles. The van der Waals surface area contributed by atoms with Crippen LogP contribution in [-0.2, 0) is 0 Å². The van der Waals surface area contributed by atoms with Crippen LogP contribution in [0, 0.1) is 6.92 Å². The van der Waals surface area contributed by atoms with Gasteiger partial charge in [0.25, 0.3) is 0 Å². The van der Waals surface area contributed by atoms with E-state index in [0.29, 0.717) is 0 Å². The van der Waals surface area contributed by atoms with E-state index in [2.05, 4.69) is 122 Å². The van der Waals surface area contributed by atoms with Crippen LogP contribution in [0.25, 0.3) is 76.5 Å². The first kappa shape index (κ1) is 21.2. The summed E-state index contributed by atoms with van der Waals surface area (Å²) in [7, 11) is 0. The van der Waals surface area contributed by atoms with E-state index in [1.165, 1.54) is 60.1 Å². The van der Waals surface area contributed by atoms with Crippen LogP contribution < -0.4 is 0 Å². The van der Waals surface area contributed by atoms with Gasteiger partial charge in [-0.1, -0.05) is 109 Å². The summed E-state index contributed by atoms with van der Waals surface area (Å²) in [6, 6.07) is 46.1. The SMILES string of the molecule is Cc1ccc2c(-c3ccc4ccccc4c3)c3ccccc3c(-c3ccc4oc5ccccc5c4c3)c2c1. The molecule has 0 unspecified atom stereocenters. The predicted octanol–water partition coefficient (Wildman–Crippen LogP) is 10.7. The minimum Gasteiger partial charge on any atom is -0.456 e. The molecule has 0 radical (unpaired) electrons. The van der Waals surface area contributed by atoms with Crippen molar-refractivity contribution in [2.75, 3.05) is 0 Å². The molecule has 1 aromatic heterocycles. The van der Waals surface area contributed by atoms with Crippen LogP contribution >= 0.6 is 0 Å². The Morgan fingerprint density at radius 1 is 0.395 bits per heavy atom. The van der Waals surface area contributed by atoms with Gasteiger partial charge in [-0.05, 0) is 85.8 Å². The van der Waals surface area contributed by atoms with Crippen molar-refractivity contribution in [1.82, 2.24) is 0 Å². The zero-order valence-corrected chi connectivity index (χ0v) is 21.0. The van der Waals surface area contributed by atoms with Gasteiger partial charge in [-0.2, -0.15) is 0 Å². The summed E-state index contributed by atoms with van der Waals surface area (Å²) in [4.78, 5) is 0. The molecule has 0 bridgehead atoms. The molecule has 1 nitrogen and oxygen atoms in total. The standard InChI is InChI=1S/C37H24O/c1-23-14-18-31-33(20-23)37(27-17-19-35-32(22-27)28-10-6-7-13-34(28)38-35)30-12-5-4-11-29(30)36(31)26-16-15-24-8-2-3-9-25(24)21-26/h2-22H,1H3. The molecular weight excluding hydrogens is 460 g/mol. The van der Waals surface area contributed by atoms with Gasteiger partial charge < -0.3 is 4.42 Å². The minimum absolute atomic E-state index is 0.924. The molecule has 0 saturated heterocycles. The normalized spacial score (nSPS) is 11.8. The maximum absolute atomic E-state index is 6.15. The fourth-order valence-electron chi connectivity index (χ4n) is 6.14. The summed E-state index contributed by atoms with van der Waals surface area (Å²) in [6.07, 6.45) is 0. The van der Waals surface area contributed by atoms with Gasteiger partial charge >= 0.3 is 0 Å². The van der Waals surface area contributed by atoms with E-state index in [-0.39, 0.29) is 0 Å². The van der Waals surface area contributed by atoms with Crippen LogP contribution in [-0.4, -0.2) is 0 Å². The second-order valence-corrected chi connectivity index (χ2v) is 10.2. The Labute approximate surface area is 220 Å². The highest BCUT2D eigenvalue weighted by Gasteiger charge is 2.18. The molecule has 0 atom stereocenters. The maximum Gasteiger partial charge on any atom is 0.135 e. The number of furan rings is 1. The van der Waals surface area contributed by atoms with Gasteiger partial charge in [0.05, 0.1) is 0 Å². The highest BCUT2D eigenvalue weighted by atomic mass is 16.3. The third-order valence-corrected chi connectivity index (χ3v) is 7.88. The third kappa shape index (κ3) is 3.12. The van der Waals surface area contributed by atoms with Gasteiger partial charge in [-0.25, -0.2) is 0 Å². The van der Waals surface area contributed by atoms with Crippen LogP contribution in [0.3, 0.4) is 0 Å². The van der Waals surface area contributed by atoms with Crippen molar-refractivity contribution < 1.29 is 4.42 Å². The summed E-state index contributed by atoms with van der Waals surface area (Å²) >= 11 is 0. The summed E-state index contributed by atoms with van der Waals surface area (Å²) in [6.45, 7) is 2.18. The quantitative estimate of drug-likeness (QED) is 0.222. The lowest BCUT2D eigenvalue weighted by Gasteiger charge is -2.18. The molecule has 178 valence electrons. The Morgan fingerprint density at radius 3 is 1.84 bits per heavy atom. The summed E-state index contributed by atoms with van der Waals surface area (Å²) < 4.78 is 6.15. The van der Waals surface area contributed by atoms with Gasteiger partial charge in [0.2, 0.25) is 0 Å². The second-order valence-electron chi connectivity index (χ2n) is 10.2. The van der Waals surface area contributed by atoms with Crippen LogP contribution in [0.15, 0.2) is 132 Å². The molecule has 0 spiro atoms. The fraction of sp³-hybridized carbons (Fsp3) is 0.0270. The summed E-state index contributed by atoms with van der Waals surface area (Å²) in [5, 5.41) is 9.92. The van der Waals surface area contributed by atoms with Crippen LogP contribution in [0.1, 0.15) is 5.56 Å². The number of hydrogen-bond acceptors (Lipinski definition) is 1. The van der Waals surface area contributed by atoms with Crippen molar-refractivity contribution in [3.63, 3.8) is 0 Å². The van der Waals surface area contributed by atoms with Crippen molar-refractivity contribution >= 4 is 54.3 Å². The topological polar surface area (TPSA) is 13.1 Å². The van der Waals surface area contributed by atoms with E-state index in [9.17, 15) is 0 Å². The highest BCUT2D eigenvalue weighted by Crippen LogP contribution is 2.45. The smallest absolute Gasteiger partial charge is 0.135 e. The molecule has 0 N–H and O–H groups in total. The molecule has 8 aromatic rings. The maximum atomic E-state index is 6.15. The second kappa shape index (κ2) is 8.06. The van der Waals surface area contributed by atoms with Crippen LogP contribution in [0.2, 0.25) is 0 Å². The molecule has 0 aliphatic rings. The predicted molar refractivity (Wildman–Crippen MR) is 162 cm³/mol. The number of para-hydroxylation sites is 1. The van der Waals surface area contributed by atoms with Crippen molar-refractivity contribution in [3.8, 4) is 22.3 Å². The first-order chi connectivity index (χ1) is 18.7. The number of rotatable bonds is 2. The van der Waals surface area contributed by atoms with Gasteiger partial charge in [-0.15, -0.1) is 0 Å². The van der Waals surface area contributed by atoms with Gasteiger partial charge in [-0.3, -0.25) is 0 Å². The number of fused-ring (bicyclic) bond motifs is 6. The minimum atomic E-state index is 0.924. The van der Waals surface area contributed by atoms with Crippen LogP contribution in [0.5, 0.6) is 0 Å².